The molecule has 0 atom stereocenters. The van der Waals surface area contributed by atoms with Crippen molar-refractivity contribution in [1.29, 1.82) is 0 Å². The Balaban J connectivity index is 1.57. The van der Waals surface area contributed by atoms with Crippen molar-refractivity contribution < 1.29 is 13.2 Å². The third kappa shape index (κ3) is 4.22. The molecule has 6 heteroatoms. The summed E-state index contributed by atoms with van der Waals surface area (Å²) in [6.45, 7) is 6.06. The number of nitrogens with one attached hydrogen (secondary N) is 2. The number of carbonyl (C=O) groups excluding carboxylic acids is 1. The van der Waals surface area contributed by atoms with E-state index < -0.39 is 15.4 Å². The molecule has 0 unspecified atom stereocenters. The van der Waals surface area contributed by atoms with Crippen LogP contribution in [0.1, 0.15) is 35.1 Å². The van der Waals surface area contributed by atoms with Crippen LogP contribution in [0.2, 0.25) is 0 Å². The maximum Gasteiger partial charge on any atom is 0.240 e. The lowest BCUT2D eigenvalue weighted by Crippen LogP contribution is -2.40. The van der Waals surface area contributed by atoms with Gasteiger partial charge in [-0.3, -0.25) is 4.79 Å². The minimum atomic E-state index is -3.59. The van der Waals surface area contributed by atoms with Crippen molar-refractivity contribution in [2.45, 2.75) is 43.9 Å². The molecular formula is C21H26N2O3S. The van der Waals surface area contributed by atoms with Gasteiger partial charge in [-0.2, -0.15) is 0 Å². The van der Waals surface area contributed by atoms with Crippen LogP contribution in [-0.4, -0.2) is 27.4 Å². The Morgan fingerprint density at radius 2 is 1.70 bits per heavy atom. The van der Waals surface area contributed by atoms with Crippen molar-refractivity contribution in [3.05, 3.63) is 64.7 Å². The van der Waals surface area contributed by atoms with E-state index in [1.807, 2.05) is 38.1 Å². The minimum Gasteiger partial charge on any atom is -0.354 e. The molecule has 3 rings (SSSR count). The fraction of sp³-hybridized carbons (Fsp3) is 0.381. The molecule has 0 aromatic heterocycles. The first kappa shape index (κ1) is 19.6. The molecule has 2 aromatic rings. The number of benzene rings is 2. The normalized spacial score (nSPS) is 15.4. The summed E-state index contributed by atoms with van der Waals surface area (Å²) in [6, 6.07) is 13.4. The average molecular weight is 387 g/mol. The van der Waals surface area contributed by atoms with Gasteiger partial charge in [0.05, 0.1) is 10.3 Å². The highest BCUT2D eigenvalue weighted by Crippen LogP contribution is 2.48. The molecule has 0 heterocycles. The first-order valence-electron chi connectivity index (χ1n) is 9.17. The zero-order valence-corrected chi connectivity index (χ0v) is 16.8. The molecule has 144 valence electrons. The average Bonchev–Trinajstić information content (AvgIpc) is 3.42. The van der Waals surface area contributed by atoms with Crippen LogP contribution in [0.15, 0.2) is 47.4 Å². The van der Waals surface area contributed by atoms with Gasteiger partial charge < -0.3 is 5.32 Å². The molecule has 2 N–H and O–H groups in total. The molecule has 5 nitrogen and oxygen atoms in total. The molecule has 1 aliphatic rings. The fourth-order valence-corrected chi connectivity index (χ4v) is 4.68. The molecule has 1 saturated carbocycles. The Labute approximate surface area is 161 Å². The summed E-state index contributed by atoms with van der Waals surface area (Å²) in [5.41, 5.74) is 3.32. The molecule has 2 aromatic carbocycles. The monoisotopic (exact) mass is 386 g/mol. The van der Waals surface area contributed by atoms with Crippen LogP contribution in [0.25, 0.3) is 0 Å². The number of hydrogen-bond acceptors (Lipinski definition) is 3. The lowest BCUT2D eigenvalue weighted by molar-refractivity contribution is -0.123. The third-order valence-electron chi connectivity index (χ3n) is 5.09. The van der Waals surface area contributed by atoms with Crippen molar-refractivity contribution in [3.8, 4) is 0 Å². The Hall–Kier alpha value is -2.18. The molecule has 0 bridgehead atoms. The van der Waals surface area contributed by atoms with Gasteiger partial charge >= 0.3 is 0 Å². The van der Waals surface area contributed by atoms with Gasteiger partial charge in [-0.15, -0.1) is 0 Å². The molecule has 1 fully saturated rings. The van der Waals surface area contributed by atoms with Gasteiger partial charge in [0.25, 0.3) is 0 Å². The second-order valence-electron chi connectivity index (χ2n) is 7.37. The van der Waals surface area contributed by atoms with Crippen LogP contribution in [0.4, 0.5) is 0 Å². The summed E-state index contributed by atoms with van der Waals surface area (Å²) in [4.78, 5) is 12.9. The highest BCUT2D eigenvalue weighted by atomic mass is 32.2. The van der Waals surface area contributed by atoms with Crippen molar-refractivity contribution >= 4 is 15.9 Å². The van der Waals surface area contributed by atoms with Crippen LogP contribution in [0, 0.1) is 20.8 Å². The third-order valence-corrected chi connectivity index (χ3v) is 6.69. The summed E-state index contributed by atoms with van der Waals surface area (Å²) in [5.74, 6) is -0.0287. The van der Waals surface area contributed by atoms with Crippen LogP contribution in [0.5, 0.6) is 0 Å². The summed E-state index contributed by atoms with van der Waals surface area (Å²) in [5, 5.41) is 2.89. The summed E-state index contributed by atoms with van der Waals surface area (Å²) >= 11 is 0. The standard InChI is InChI=1S/C21H26N2O3S/c1-15-5-4-6-18(13-15)21(9-10-21)20(24)22-11-12-23-27(25,26)19-14-16(2)7-8-17(19)3/h4-8,13-14,23H,9-12H2,1-3H3,(H,22,24). The summed E-state index contributed by atoms with van der Waals surface area (Å²) in [6.07, 6.45) is 1.66. The lowest BCUT2D eigenvalue weighted by atomic mass is 9.93. The minimum absolute atomic E-state index is 0.0287. The molecule has 1 amide bonds. The zero-order chi connectivity index (χ0) is 19.7. The van der Waals surface area contributed by atoms with Gasteiger partial charge in [0.1, 0.15) is 0 Å². The zero-order valence-electron chi connectivity index (χ0n) is 16.0. The van der Waals surface area contributed by atoms with Crippen molar-refractivity contribution in [1.82, 2.24) is 10.0 Å². The van der Waals surface area contributed by atoms with E-state index >= 15 is 0 Å². The van der Waals surface area contributed by atoms with E-state index in [-0.39, 0.29) is 23.9 Å². The fourth-order valence-electron chi connectivity index (χ4n) is 3.32. The molecule has 0 radical (unpaired) electrons. The number of sulfonamides is 1. The quantitative estimate of drug-likeness (QED) is 0.719. The maximum absolute atomic E-state index is 12.6. The second-order valence-corrected chi connectivity index (χ2v) is 9.11. The molecular weight excluding hydrogens is 360 g/mol. The molecule has 27 heavy (non-hydrogen) atoms. The number of hydrogen-bond donors (Lipinski definition) is 2. The number of amides is 1. The van der Waals surface area contributed by atoms with Crippen molar-refractivity contribution in [2.24, 2.45) is 0 Å². The Kier molecular flexibility index (Phi) is 5.40. The highest BCUT2D eigenvalue weighted by Gasteiger charge is 2.51. The van der Waals surface area contributed by atoms with Gasteiger partial charge in [0.2, 0.25) is 15.9 Å². The Morgan fingerprint density at radius 1 is 1.00 bits per heavy atom. The van der Waals surface area contributed by atoms with Crippen LogP contribution >= 0.6 is 0 Å². The van der Waals surface area contributed by atoms with Gasteiger partial charge in [-0.1, -0.05) is 42.0 Å². The lowest BCUT2D eigenvalue weighted by Gasteiger charge is -2.17. The van der Waals surface area contributed by atoms with E-state index in [1.165, 1.54) is 0 Å². The number of carbonyl (C=O) groups is 1. The van der Waals surface area contributed by atoms with Crippen LogP contribution in [0.3, 0.4) is 0 Å². The van der Waals surface area contributed by atoms with Crippen molar-refractivity contribution in [3.63, 3.8) is 0 Å². The largest absolute Gasteiger partial charge is 0.354 e. The number of rotatable bonds is 7. The van der Waals surface area contributed by atoms with Crippen LogP contribution in [-0.2, 0) is 20.2 Å². The maximum atomic E-state index is 12.6. The van der Waals surface area contributed by atoms with E-state index in [1.54, 1.807) is 19.1 Å². The van der Waals surface area contributed by atoms with Gasteiger partial charge in [0, 0.05) is 13.1 Å². The van der Waals surface area contributed by atoms with E-state index in [2.05, 4.69) is 16.1 Å². The van der Waals surface area contributed by atoms with E-state index in [4.69, 9.17) is 0 Å². The number of aryl methyl sites for hydroxylation is 3. The van der Waals surface area contributed by atoms with E-state index in [9.17, 15) is 13.2 Å². The predicted molar refractivity (Wildman–Crippen MR) is 106 cm³/mol. The molecule has 0 saturated heterocycles. The van der Waals surface area contributed by atoms with Gasteiger partial charge in [-0.05, 0) is 56.4 Å². The second kappa shape index (κ2) is 7.44. The SMILES string of the molecule is Cc1cccc(C2(C(=O)NCCNS(=O)(=O)c3cc(C)ccc3C)CC2)c1. The smallest absolute Gasteiger partial charge is 0.240 e. The van der Waals surface area contributed by atoms with Gasteiger partial charge in [0.15, 0.2) is 0 Å². The Bertz CT molecular complexity index is 963. The molecule has 0 aliphatic heterocycles. The van der Waals surface area contributed by atoms with Crippen molar-refractivity contribution in [2.75, 3.05) is 13.1 Å². The Morgan fingerprint density at radius 3 is 2.37 bits per heavy atom. The molecule has 0 spiro atoms. The first-order chi connectivity index (χ1) is 12.7. The predicted octanol–water partition coefficient (Wildman–Crippen LogP) is 2.74. The summed E-state index contributed by atoms with van der Waals surface area (Å²) in [7, 11) is -3.59. The topological polar surface area (TPSA) is 75.3 Å². The highest BCUT2D eigenvalue weighted by molar-refractivity contribution is 7.89. The van der Waals surface area contributed by atoms with E-state index in [0.29, 0.717) is 5.56 Å². The van der Waals surface area contributed by atoms with Crippen LogP contribution < -0.4 is 10.0 Å². The van der Waals surface area contributed by atoms with E-state index in [0.717, 1.165) is 29.5 Å². The molecule has 1 aliphatic carbocycles. The summed E-state index contributed by atoms with van der Waals surface area (Å²) < 4.78 is 27.6. The van der Waals surface area contributed by atoms with Gasteiger partial charge in [-0.25, -0.2) is 13.1 Å². The first-order valence-corrected chi connectivity index (χ1v) is 10.7.